The van der Waals surface area contributed by atoms with Gasteiger partial charge >= 0.3 is 0 Å². The first-order chi connectivity index (χ1) is 11.1. The quantitative estimate of drug-likeness (QED) is 0.892. The Morgan fingerprint density at radius 3 is 2.57 bits per heavy atom. The molecule has 0 saturated heterocycles. The van der Waals surface area contributed by atoms with Crippen LogP contribution in [0.1, 0.15) is 29.8 Å². The molecule has 5 heteroatoms. The van der Waals surface area contributed by atoms with Crippen molar-refractivity contribution in [2.45, 2.75) is 20.3 Å². The fourth-order valence-electron chi connectivity index (χ4n) is 2.33. The van der Waals surface area contributed by atoms with Crippen LogP contribution in [0, 0.1) is 0 Å². The van der Waals surface area contributed by atoms with Crippen LogP contribution in [0.25, 0.3) is 0 Å². The van der Waals surface area contributed by atoms with Gasteiger partial charge in [0.15, 0.2) is 0 Å². The minimum Gasteiger partial charge on any atom is -0.339 e. The average molecular weight is 311 g/mol. The Balaban J connectivity index is 2.05. The van der Waals surface area contributed by atoms with E-state index < -0.39 is 0 Å². The third-order valence-electron chi connectivity index (χ3n) is 3.52. The highest BCUT2D eigenvalue weighted by Crippen LogP contribution is 2.13. The Morgan fingerprint density at radius 1 is 1.17 bits per heavy atom. The van der Waals surface area contributed by atoms with Gasteiger partial charge in [-0.15, -0.1) is 0 Å². The van der Waals surface area contributed by atoms with Gasteiger partial charge in [0.2, 0.25) is 5.91 Å². The van der Waals surface area contributed by atoms with Crippen LogP contribution in [0.2, 0.25) is 0 Å². The van der Waals surface area contributed by atoms with E-state index in [1.54, 1.807) is 41.6 Å². The number of carbonyl (C=O) groups is 2. The topological polar surface area (TPSA) is 62.3 Å². The zero-order valence-electron chi connectivity index (χ0n) is 13.5. The predicted octanol–water partition coefficient (Wildman–Crippen LogP) is 2.74. The second-order valence-electron chi connectivity index (χ2n) is 5.25. The molecule has 0 fully saturated rings. The Kier molecular flexibility index (Phi) is 5.86. The van der Waals surface area contributed by atoms with Gasteiger partial charge in [-0.1, -0.05) is 6.07 Å². The molecule has 2 rings (SSSR count). The first kappa shape index (κ1) is 16.7. The fourth-order valence-corrected chi connectivity index (χ4v) is 2.33. The molecular weight excluding hydrogens is 290 g/mol. The number of rotatable bonds is 6. The number of hydrogen-bond donors (Lipinski definition) is 1. The van der Waals surface area contributed by atoms with Crippen molar-refractivity contribution in [2.75, 3.05) is 18.4 Å². The van der Waals surface area contributed by atoms with Crippen molar-refractivity contribution in [3.05, 3.63) is 59.9 Å². The maximum absolute atomic E-state index is 12.6. The second kappa shape index (κ2) is 8.08. The average Bonchev–Trinajstić information content (AvgIpc) is 2.56. The van der Waals surface area contributed by atoms with Gasteiger partial charge in [-0.2, -0.15) is 0 Å². The van der Waals surface area contributed by atoms with Crippen LogP contribution in [-0.4, -0.2) is 34.8 Å². The van der Waals surface area contributed by atoms with E-state index in [2.05, 4.69) is 10.3 Å². The molecule has 0 bridgehead atoms. The normalized spacial score (nSPS) is 10.2. The van der Waals surface area contributed by atoms with Crippen molar-refractivity contribution < 1.29 is 9.59 Å². The van der Waals surface area contributed by atoms with Crippen LogP contribution in [0.15, 0.2) is 48.8 Å². The van der Waals surface area contributed by atoms with Gasteiger partial charge in [0.05, 0.1) is 0 Å². The molecule has 5 nitrogen and oxygen atoms in total. The Hall–Kier alpha value is -2.69. The van der Waals surface area contributed by atoms with Crippen LogP contribution in [0.5, 0.6) is 0 Å². The van der Waals surface area contributed by atoms with E-state index in [0.717, 1.165) is 12.0 Å². The van der Waals surface area contributed by atoms with Gasteiger partial charge in [-0.25, -0.2) is 0 Å². The number of hydrogen-bond acceptors (Lipinski definition) is 3. The number of nitrogens with one attached hydrogen (secondary N) is 1. The first-order valence-corrected chi connectivity index (χ1v) is 7.66. The number of carbonyl (C=O) groups excluding carboxylic acids is 2. The number of likely N-dealkylation sites (N-methyl/N-ethyl adjacent to an activating group) is 1. The number of anilines is 1. The monoisotopic (exact) mass is 311 g/mol. The minimum atomic E-state index is -0.153. The molecule has 0 aliphatic carbocycles. The van der Waals surface area contributed by atoms with Gasteiger partial charge in [-0.05, 0) is 49.2 Å². The lowest BCUT2D eigenvalue weighted by Gasteiger charge is -2.21. The van der Waals surface area contributed by atoms with E-state index >= 15 is 0 Å². The summed E-state index contributed by atoms with van der Waals surface area (Å²) in [5, 5.41) is 2.70. The summed E-state index contributed by atoms with van der Waals surface area (Å²) in [4.78, 5) is 29.6. The molecule has 0 radical (unpaired) electrons. The maximum Gasteiger partial charge on any atom is 0.253 e. The van der Waals surface area contributed by atoms with E-state index in [9.17, 15) is 9.59 Å². The molecule has 0 aliphatic heterocycles. The SMILES string of the molecule is CCN(CCc1ccncc1)C(=O)c1cccc(NC(C)=O)c1. The van der Waals surface area contributed by atoms with Crippen LogP contribution in [0.4, 0.5) is 5.69 Å². The summed E-state index contributed by atoms with van der Waals surface area (Å²) in [5.74, 6) is -0.187. The van der Waals surface area contributed by atoms with E-state index in [-0.39, 0.29) is 11.8 Å². The van der Waals surface area contributed by atoms with Crippen LogP contribution in [-0.2, 0) is 11.2 Å². The summed E-state index contributed by atoms with van der Waals surface area (Å²) in [6.07, 6.45) is 4.29. The summed E-state index contributed by atoms with van der Waals surface area (Å²) in [6.45, 7) is 4.68. The van der Waals surface area contributed by atoms with Gasteiger partial charge in [0.25, 0.3) is 5.91 Å². The molecule has 23 heavy (non-hydrogen) atoms. The predicted molar refractivity (Wildman–Crippen MR) is 90.3 cm³/mol. The molecule has 0 aliphatic rings. The second-order valence-corrected chi connectivity index (χ2v) is 5.25. The van der Waals surface area contributed by atoms with Crippen molar-refractivity contribution in [2.24, 2.45) is 0 Å². The van der Waals surface area contributed by atoms with Crippen molar-refractivity contribution in [1.29, 1.82) is 0 Å². The largest absolute Gasteiger partial charge is 0.339 e. The molecule has 1 N–H and O–H groups in total. The van der Waals surface area contributed by atoms with Gasteiger partial charge in [-0.3, -0.25) is 14.6 Å². The molecule has 2 amide bonds. The molecule has 0 unspecified atom stereocenters. The summed E-state index contributed by atoms with van der Waals surface area (Å²) in [6, 6.07) is 10.9. The third-order valence-corrected chi connectivity index (χ3v) is 3.52. The highest BCUT2D eigenvalue weighted by atomic mass is 16.2. The lowest BCUT2D eigenvalue weighted by molar-refractivity contribution is -0.114. The molecule has 0 atom stereocenters. The summed E-state index contributed by atoms with van der Waals surface area (Å²) in [5.41, 5.74) is 2.36. The van der Waals surface area contributed by atoms with Crippen molar-refractivity contribution in [3.63, 3.8) is 0 Å². The van der Waals surface area contributed by atoms with Gasteiger partial charge in [0, 0.05) is 43.7 Å². The molecule has 1 aromatic heterocycles. The van der Waals surface area contributed by atoms with Crippen LogP contribution in [0.3, 0.4) is 0 Å². The van der Waals surface area contributed by atoms with E-state index in [0.29, 0.717) is 24.3 Å². The van der Waals surface area contributed by atoms with Crippen LogP contribution < -0.4 is 5.32 Å². The molecule has 0 spiro atoms. The highest BCUT2D eigenvalue weighted by molar-refractivity contribution is 5.96. The lowest BCUT2D eigenvalue weighted by Crippen LogP contribution is -2.32. The Bertz CT molecular complexity index is 671. The molecule has 120 valence electrons. The van der Waals surface area contributed by atoms with Gasteiger partial charge < -0.3 is 10.2 Å². The summed E-state index contributed by atoms with van der Waals surface area (Å²) >= 11 is 0. The highest BCUT2D eigenvalue weighted by Gasteiger charge is 2.14. The number of pyridine rings is 1. The molecule has 1 aromatic carbocycles. The Morgan fingerprint density at radius 2 is 1.91 bits per heavy atom. The van der Waals surface area contributed by atoms with E-state index in [1.165, 1.54) is 6.92 Å². The summed E-state index contributed by atoms with van der Waals surface area (Å²) in [7, 11) is 0. The van der Waals surface area contributed by atoms with E-state index in [4.69, 9.17) is 0 Å². The fraction of sp³-hybridized carbons (Fsp3) is 0.278. The number of benzene rings is 1. The standard InChI is InChI=1S/C18H21N3O2/c1-3-21(12-9-15-7-10-19-11-8-15)18(23)16-5-4-6-17(13-16)20-14(2)22/h4-8,10-11,13H,3,9,12H2,1-2H3,(H,20,22). The minimum absolute atomic E-state index is 0.0336. The number of nitrogens with zero attached hydrogens (tertiary/aromatic N) is 2. The first-order valence-electron chi connectivity index (χ1n) is 7.66. The van der Waals surface area contributed by atoms with E-state index in [1.807, 2.05) is 19.1 Å². The zero-order chi connectivity index (χ0) is 16.7. The van der Waals surface area contributed by atoms with Gasteiger partial charge in [0.1, 0.15) is 0 Å². The molecule has 0 saturated carbocycles. The molecule has 1 heterocycles. The number of amides is 2. The van der Waals surface area contributed by atoms with Crippen molar-refractivity contribution in [3.8, 4) is 0 Å². The smallest absolute Gasteiger partial charge is 0.253 e. The summed E-state index contributed by atoms with van der Waals surface area (Å²) < 4.78 is 0. The van der Waals surface area contributed by atoms with Crippen molar-refractivity contribution in [1.82, 2.24) is 9.88 Å². The Labute approximate surface area is 136 Å². The van der Waals surface area contributed by atoms with Crippen molar-refractivity contribution >= 4 is 17.5 Å². The maximum atomic E-state index is 12.6. The zero-order valence-corrected chi connectivity index (χ0v) is 13.5. The number of aromatic nitrogens is 1. The van der Waals surface area contributed by atoms with Crippen LogP contribution >= 0.6 is 0 Å². The molecular formula is C18H21N3O2. The lowest BCUT2D eigenvalue weighted by atomic mass is 10.1. The molecule has 2 aromatic rings. The third kappa shape index (κ3) is 4.92.